The summed E-state index contributed by atoms with van der Waals surface area (Å²) in [7, 11) is 1.43. The van der Waals surface area contributed by atoms with E-state index in [1.807, 2.05) is 0 Å². The molecule has 1 aromatic carbocycles. The molecule has 0 aromatic heterocycles. The summed E-state index contributed by atoms with van der Waals surface area (Å²) in [6.45, 7) is 0.827. The molecular formula is C18H26N2O6S. The van der Waals surface area contributed by atoms with Gasteiger partial charge in [-0.2, -0.15) is 0 Å². The van der Waals surface area contributed by atoms with E-state index in [-0.39, 0.29) is 11.9 Å². The zero-order valence-electron chi connectivity index (χ0n) is 16.0. The average molecular weight is 398 g/mol. The van der Waals surface area contributed by atoms with Gasteiger partial charge in [-0.15, -0.1) is 0 Å². The van der Waals surface area contributed by atoms with Gasteiger partial charge in [-0.25, -0.2) is 12.7 Å². The van der Waals surface area contributed by atoms with Crippen LogP contribution in [0.2, 0.25) is 0 Å². The normalized spacial score (nSPS) is 16.3. The first kappa shape index (κ1) is 21.0. The van der Waals surface area contributed by atoms with Crippen LogP contribution in [0.1, 0.15) is 18.4 Å². The Kier molecular flexibility index (Phi) is 7.09. The van der Waals surface area contributed by atoms with Gasteiger partial charge < -0.3 is 19.5 Å². The van der Waals surface area contributed by atoms with E-state index >= 15 is 0 Å². The highest BCUT2D eigenvalue weighted by Gasteiger charge is 2.25. The topological polar surface area (TPSA) is 94.2 Å². The third-order valence-corrected chi connectivity index (χ3v) is 5.72. The van der Waals surface area contributed by atoms with Crippen molar-refractivity contribution in [1.29, 1.82) is 0 Å². The standard InChI is InChI=1S/C18H26N2O6S/c1-24-15-12-17(26-3)16(25-2)11-13(15)5-6-18(21)19-14-7-9-20(10-8-14)27(4,22)23/h5-6,11-12,14H,7-10H2,1-4H3,(H,19,21)/b6-5+. The highest BCUT2D eigenvalue weighted by molar-refractivity contribution is 7.88. The maximum absolute atomic E-state index is 12.2. The van der Waals surface area contributed by atoms with E-state index in [0.29, 0.717) is 48.7 Å². The molecular weight excluding hydrogens is 372 g/mol. The third-order valence-electron chi connectivity index (χ3n) is 4.42. The van der Waals surface area contributed by atoms with Crippen molar-refractivity contribution in [2.75, 3.05) is 40.7 Å². The number of benzene rings is 1. The maximum atomic E-state index is 12.2. The number of nitrogens with zero attached hydrogens (tertiary/aromatic N) is 1. The first-order chi connectivity index (χ1) is 12.8. The Morgan fingerprint density at radius 3 is 2.15 bits per heavy atom. The number of hydrogen-bond donors (Lipinski definition) is 1. The molecule has 0 atom stereocenters. The molecule has 0 spiro atoms. The summed E-state index contributed by atoms with van der Waals surface area (Å²) in [5, 5.41) is 2.91. The van der Waals surface area contributed by atoms with Crippen LogP contribution in [0.3, 0.4) is 0 Å². The summed E-state index contributed by atoms with van der Waals surface area (Å²) in [5.41, 5.74) is 0.678. The van der Waals surface area contributed by atoms with E-state index < -0.39 is 10.0 Å². The van der Waals surface area contributed by atoms with Gasteiger partial charge in [0, 0.05) is 36.8 Å². The van der Waals surface area contributed by atoms with Crippen molar-refractivity contribution in [3.05, 3.63) is 23.8 Å². The van der Waals surface area contributed by atoms with Gasteiger partial charge in [0.15, 0.2) is 11.5 Å². The molecule has 0 saturated carbocycles. The molecule has 1 saturated heterocycles. The molecule has 1 amide bonds. The lowest BCUT2D eigenvalue weighted by Gasteiger charge is -2.30. The summed E-state index contributed by atoms with van der Waals surface area (Å²) >= 11 is 0. The minimum absolute atomic E-state index is 0.0487. The van der Waals surface area contributed by atoms with Gasteiger partial charge in [-0.05, 0) is 25.0 Å². The lowest BCUT2D eigenvalue weighted by Crippen LogP contribution is -2.45. The van der Waals surface area contributed by atoms with E-state index in [4.69, 9.17) is 14.2 Å². The smallest absolute Gasteiger partial charge is 0.244 e. The lowest BCUT2D eigenvalue weighted by atomic mass is 10.1. The van der Waals surface area contributed by atoms with Crippen LogP contribution in [0.15, 0.2) is 18.2 Å². The van der Waals surface area contributed by atoms with Crippen molar-refractivity contribution in [2.45, 2.75) is 18.9 Å². The first-order valence-corrected chi connectivity index (χ1v) is 10.4. The number of hydrogen-bond acceptors (Lipinski definition) is 6. The Hall–Kier alpha value is -2.26. The fraction of sp³-hybridized carbons (Fsp3) is 0.500. The molecule has 1 aliphatic rings. The maximum Gasteiger partial charge on any atom is 0.244 e. The summed E-state index contributed by atoms with van der Waals surface area (Å²) in [4.78, 5) is 12.2. The summed E-state index contributed by atoms with van der Waals surface area (Å²) < 4.78 is 40.3. The fourth-order valence-electron chi connectivity index (χ4n) is 2.93. The molecule has 1 heterocycles. The van der Waals surface area contributed by atoms with Gasteiger partial charge >= 0.3 is 0 Å². The highest BCUT2D eigenvalue weighted by atomic mass is 32.2. The van der Waals surface area contributed by atoms with Crippen molar-refractivity contribution in [3.63, 3.8) is 0 Å². The summed E-state index contributed by atoms with van der Waals surface area (Å²) in [5.74, 6) is 1.38. The third kappa shape index (κ3) is 5.61. The van der Waals surface area contributed by atoms with Crippen LogP contribution in [0.4, 0.5) is 0 Å². The zero-order chi connectivity index (χ0) is 20.0. The molecule has 9 heteroatoms. The molecule has 0 radical (unpaired) electrons. The van der Waals surface area contributed by atoms with Crippen LogP contribution >= 0.6 is 0 Å². The van der Waals surface area contributed by atoms with Gasteiger partial charge in [-0.1, -0.05) is 0 Å². The molecule has 1 aromatic rings. The predicted molar refractivity (Wildman–Crippen MR) is 103 cm³/mol. The van der Waals surface area contributed by atoms with Crippen molar-refractivity contribution < 1.29 is 27.4 Å². The van der Waals surface area contributed by atoms with Crippen molar-refractivity contribution >= 4 is 22.0 Å². The molecule has 2 rings (SSSR count). The molecule has 1 fully saturated rings. The van der Waals surface area contributed by atoms with Crippen LogP contribution < -0.4 is 19.5 Å². The van der Waals surface area contributed by atoms with Gasteiger partial charge in [0.25, 0.3) is 0 Å². The molecule has 27 heavy (non-hydrogen) atoms. The number of sulfonamides is 1. The predicted octanol–water partition coefficient (Wildman–Crippen LogP) is 1.27. The summed E-state index contributed by atoms with van der Waals surface area (Å²) in [6.07, 6.45) is 5.44. The van der Waals surface area contributed by atoms with Gasteiger partial charge in [-0.3, -0.25) is 4.79 Å². The number of methoxy groups -OCH3 is 3. The Labute approximate surface area is 160 Å². The molecule has 0 bridgehead atoms. The van der Waals surface area contributed by atoms with Crippen molar-refractivity contribution in [3.8, 4) is 17.2 Å². The fourth-order valence-corrected chi connectivity index (χ4v) is 3.80. The van der Waals surface area contributed by atoms with E-state index in [9.17, 15) is 13.2 Å². The molecule has 8 nitrogen and oxygen atoms in total. The van der Waals surface area contributed by atoms with Crippen LogP contribution in [-0.2, 0) is 14.8 Å². The van der Waals surface area contributed by atoms with Crippen LogP contribution in [0.5, 0.6) is 17.2 Å². The zero-order valence-corrected chi connectivity index (χ0v) is 16.8. The van der Waals surface area contributed by atoms with Gasteiger partial charge in [0.2, 0.25) is 15.9 Å². The number of nitrogens with one attached hydrogen (secondary N) is 1. The molecule has 0 aliphatic carbocycles. The SMILES string of the molecule is COc1cc(OC)c(OC)cc1/C=C/C(=O)NC1CCN(S(C)(=O)=O)CC1. The van der Waals surface area contributed by atoms with E-state index in [1.165, 1.54) is 38.0 Å². The molecule has 0 unspecified atom stereocenters. The minimum atomic E-state index is -3.17. The first-order valence-electron chi connectivity index (χ1n) is 8.52. The minimum Gasteiger partial charge on any atom is -0.496 e. The number of rotatable bonds is 7. The van der Waals surface area contributed by atoms with Crippen molar-refractivity contribution in [2.24, 2.45) is 0 Å². The molecule has 1 aliphatic heterocycles. The summed E-state index contributed by atoms with van der Waals surface area (Å²) in [6, 6.07) is 3.37. The average Bonchev–Trinajstić information content (AvgIpc) is 2.65. The number of carbonyl (C=O) groups excluding carboxylic acids is 1. The number of piperidine rings is 1. The lowest BCUT2D eigenvalue weighted by molar-refractivity contribution is -0.117. The second kappa shape index (κ2) is 9.09. The number of carbonyl (C=O) groups is 1. The number of ether oxygens (including phenoxy) is 3. The van der Waals surface area contributed by atoms with Gasteiger partial charge in [0.05, 0.1) is 27.6 Å². The number of amides is 1. The monoisotopic (exact) mass is 398 g/mol. The highest BCUT2D eigenvalue weighted by Crippen LogP contribution is 2.35. The van der Waals surface area contributed by atoms with Crippen LogP contribution in [0.25, 0.3) is 6.08 Å². The Morgan fingerprint density at radius 1 is 1.07 bits per heavy atom. The van der Waals surface area contributed by atoms with Crippen LogP contribution in [-0.4, -0.2) is 65.3 Å². The Morgan fingerprint density at radius 2 is 1.63 bits per heavy atom. The van der Waals surface area contributed by atoms with Crippen LogP contribution in [0, 0.1) is 0 Å². The Balaban J connectivity index is 2.01. The molecule has 1 N–H and O–H groups in total. The van der Waals surface area contributed by atoms with Gasteiger partial charge in [0.1, 0.15) is 5.75 Å². The van der Waals surface area contributed by atoms with Crippen molar-refractivity contribution in [1.82, 2.24) is 9.62 Å². The van der Waals surface area contributed by atoms with E-state index in [0.717, 1.165) is 0 Å². The second-order valence-electron chi connectivity index (χ2n) is 6.23. The second-order valence-corrected chi connectivity index (χ2v) is 8.21. The Bertz CT molecular complexity index is 798. The molecule has 150 valence electrons. The van der Waals surface area contributed by atoms with E-state index in [2.05, 4.69) is 5.32 Å². The largest absolute Gasteiger partial charge is 0.496 e. The van der Waals surface area contributed by atoms with E-state index in [1.54, 1.807) is 18.2 Å². The quantitative estimate of drug-likeness (QED) is 0.695.